The first-order valence-electron chi connectivity index (χ1n) is 9.12. The molecule has 1 aliphatic heterocycles. The molecule has 2 heterocycles. The van der Waals surface area contributed by atoms with Crippen LogP contribution in [0, 0.1) is 18.3 Å². The van der Waals surface area contributed by atoms with Gasteiger partial charge in [-0.05, 0) is 44.4 Å². The van der Waals surface area contributed by atoms with Crippen molar-refractivity contribution in [2.45, 2.75) is 39.2 Å². The van der Waals surface area contributed by atoms with Gasteiger partial charge >= 0.3 is 0 Å². The Hall–Kier alpha value is -1.30. The van der Waals surface area contributed by atoms with Crippen LogP contribution in [0.4, 0.5) is 0 Å². The Labute approximate surface area is 167 Å². The summed E-state index contributed by atoms with van der Waals surface area (Å²) in [6.45, 7) is 5.30. The monoisotopic (exact) mass is 398 g/mol. The molecule has 0 radical (unpaired) electrons. The van der Waals surface area contributed by atoms with Crippen LogP contribution in [-0.2, 0) is 11.3 Å². The summed E-state index contributed by atoms with van der Waals surface area (Å²) >= 11 is 0. The fourth-order valence-corrected chi connectivity index (χ4v) is 4.63. The number of imidazole rings is 1. The predicted molar refractivity (Wildman–Crippen MR) is 109 cm³/mol. The normalized spacial score (nSPS) is 24.4. The number of para-hydroxylation sites is 2. The fourth-order valence-electron chi connectivity index (χ4n) is 4.63. The van der Waals surface area contributed by atoms with Crippen LogP contribution in [0.3, 0.4) is 0 Å². The molecule has 0 bridgehead atoms. The summed E-state index contributed by atoms with van der Waals surface area (Å²) in [7, 11) is 0. The molecule has 7 heteroatoms. The highest BCUT2D eigenvalue weighted by Crippen LogP contribution is 2.43. The number of aryl methyl sites for hydroxylation is 1. The van der Waals surface area contributed by atoms with E-state index in [0.29, 0.717) is 12.5 Å². The lowest BCUT2D eigenvalue weighted by molar-refractivity contribution is -0.134. The molecule has 1 aromatic heterocycles. The van der Waals surface area contributed by atoms with E-state index < -0.39 is 0 Å². The smallest absolute Gasteiger partial charge is 0.227 e. The van der Waals surface area contributed by atoms with Crippen LogP contribution < -0.4 is 10.6 Å². The van der Waals surface area contributed by atoms with E-state index in [1.54, 1.807) is 0 Å². The molecule has 144 valence electrons. The number of halogens is 2. The maximum atomic E-state index is 12.9. The molecule has 5 nitrogen and oxygen atoms in total. The quantitative estimate of drug-likeness (QED) is 0.831. The predicted octanol–water partition coefficient (Wildman–Crippen LogP) is 3.08. The van der Waals surface area contributed by atoms with Gasteiger partial charge in [-0.15, -0.1) is 24.8 Å². The van der Waals surface area contributed by atoms with Crippen LogP contribution in [0.5, 0.6) is 0 Å². The van der Waals surface area contributed by atoms with Gasteiger partial charge < -0.3 is 15.2 Å². The van der Waals surface area contributed by atoms with Crippen LogP contribution in [0.1, 0.15) is 31.5 Å². The second kappa shape index (κ2) is 8.59. The topological polar surface area (TPSA) is 59.0 Å². The second-order valence-corrected chi connectivity index (χ2v) is 7.29. The van der Waals surface area contributed by atoms with Crippen molar-refractivity contribution in [2.75, 3.05) is 19.6 Å². The molecular weight excluding hydrogens is 371 g/mol. The van der Waals surface area contributed by atoms with Crippen molar-refractivity contribution in [3.63, 3.8) is 0 Å². The van der Waals surface area contributed by atoms with Crippen LogP contribution in [0.25, 0.3) is 11.0 Å². The molecule has 2 fully saturated rings. The van der Waals surface area contributed by atoms with Gasteiger partial charge in [0.05, 0.1) is 16.4 Å². The molecule has 2 N–H and O–H groups in total. The summed E-state index contributed by atoms with van der Waals surface area (Å²) in [6, 6.07) is 8.17. The van der Waals surface area contributed by atoms with E-state index >= 15 is 0 Å². The highest BCUT2D eigenvalue weighted by molar-refractivity contribution is 5.85. The molecule has 1 saturated heterocycles. The molecule has 1 saturated carbocycles. The minimum Gasteiger partial charge on any atom is -0.354 e. The van der Waals surface area contributed by atoms with E-state index in [-0.39, 0.29) is 36.1 Å². The summed E-state index contributed by atoms with van der Waals surface area (Å²) in [5, 5.41) is 6.66. The van der Waals surface area contributed by atoms with Gasteiger partial charge in [0.25, 0.3) is 0 Å². The van der Waals surface area contributed by atoms with Gasteiger partial charge in [-0.2, -0.15) is 0 Å². The number of carbonyl (C=O) groups is 1. The number of benzene rings is 1. The Morgan fingerprint density at radius 1 is 1.35 bits per heavy atom. The maximum absolute atomic E-state index is 12.9. The average Bonchev–Trinajstić information content (AvgIpc) is 3.17. The van der Waals surface area contributed by atoms with Gasteiger partial charge in [0.15, 0.2) is 0 Å². The lowest BCUT2D eigenvalue weighted by Crippen LogP contribution is -2.48. The first-order chi connectivity index (χ1) is 11.7. The van der Waals surface area contributed by atoms with Crippen molar-refractivity contribution >= 4 is 41.8 Å². The molecule has 2 atom stereocenters. The van der Waals surface area contributed by atoms with E-state index in [1.165, 1.54) is 19.3 Å². The molecule has 2 aliphatic rings. The first-order valence-corrected chi connectivity index (χ1v) is 9.12. The molecule has 1 aliphatic carbocycles. The van der Waals surface area contributed by atoms with Crippen molar-refractivity contribution in [1.82, 2.24) is 20.2 Å². The standard InChI is InChI=1S/C19H26N4O.2ClH/c1-14-22-16-7-2-3-8-17(16)23(14)11-10-21-18(24)19-9-5-4-6-15(19)12-20-13-19;;/h2-3,7-8,15,20H,4-6,9-13H2,1H3,(H,21,24);2*1H/t15-,19+;;/m0../s1. The van der Waals surface area contributed by atoms with E-state index in [0.717, 1.165) is 42.9 Å². The van der Waals surface area contributed by atoms with Crippen molar-refractivity contribution in [3.05, 3.63) is 30.1 Å². The van der Waals surface area contributed by atoms with E-state index in [4.69, 9.17) is 0 Å². The number of hydrogen-bond acceptors (Lipinski definition) is 3. The van der Waals surface area contributed by atoms with E-state index in [1.807, 2.05) is 25.1 Å². The molecule has 1 aromatic carbocycles. The van der Waals surface area contributed by atoms with E-state index in [2.05, 4.69) is 26.3 Å². The number of carbonyl (C=O) groups excluding carboxylic acids is 1. The third-order valence-corrected chi connectivity index (χ3v) is 5.96. The fraction of sp³-hybridized carbons (Fsp3) is 0.579. The highest BCUT2D eigenvalue weighted by atomic mass is 35.5. The Bertz CT molecular complexity index is 763. The number of nitrogens with one attached hydrogen (secondary N) is 2. The van der Waals surface area contributed by atoms with E-state index in [9.17, 15) is 4.79 Å². The summed E-state index contributed by atoms with van der Waals surface area (Å²) < 4.78 is 2.19. The number of aromatic nitrogens is 2. The van der Waals surface area contributed by atoms with Gasteiger partial charge in [0.2, 0.25) is 5.91 Å². The lowest BCUT2D eigenvalue weighted by atomic mass is 9.67. The molecule has 1 amide bonds. The van der Waals surface area contributed by atoms with Crippen LogP contribution in [0.2, 0.25) is 0 Å². The highest BCUT2D eigenvalue weighted by Gasteiger charge is 2.49. The number of rotatable bonds is 4. The van der Waals surface area contributed by atoms with Crippen molar-refractivity contribution in [3.8, 4) is 0 Å². The zero-order valence-electron chi connectivity index (χ0n) is 15.2. The largest absolute Gasteiger partial charge is 0.354 e. The van der Waals surface area contributed by atoms with Crippen LogP contribution in [-0.4, -0.2) is 35.1 Å². The molecule has 2 aromatic rings. The summed E-state index contributed by atoms with van der Waals surface area (Å²) in [5.74, 6) is 1.77. The maximum Gasteiger partial charge on any atom is 0.227 e. The van der Waals surface area contributed by atoms with Gasteiger partial charge in [-0.25, -0.2) is 4.98 Å². The molecular formula is C19H28Cl2N4O. The minimum atomic E-state index is -0.162. The summed E-state index contributed by atoms with van der Waals surface area (Å²) in [5.41, 5.74) is 2.00. The van der Waals surface area contributed by atoms with Gasteiger partial charge in [0.1, 0.15) is 5.82 Å². The lowest BCUT2D eigenvalue weighted by Gasteiger charge is -2.37. The third-order valence-electron chi connectivity index (χ3n) is 5.96. The zero-order chi connectivity index (χ0) is 16.6. The Morgan fingerprint density at radius 2 is 2.15 bits per heavy atom. The number of nitrogens with zero attached hydrogens (tertiary/aromatic N) is 2. The second-order valence-electron chi connectivity index (χ2n) is 7.29. The van der Waals surface area contributed by atoms with Gasteiger partial charge in [-0.1, -0.05) is 25.0 Å². The van der Waals surface area contributed by atoms with Crippen LogP contribution in [0.15, 0.2) is 24.3 Å². The van der Waals surface area contributed by atoms with Crippen molar-refractivity contribution < 1.29 is 4.79 Å². The van der Waals surface area contributed by atoms with Crippen molar-refractivity contribution in [2.24, 2.45) is 11.3 Å². The Morgan fingerprint density at radius 3 is 3.00 bits per heavy atom. The zero-order valence-corrected chi connectivity index (χ0v) is 16.8. The Kier molecular flexibility index (Phi) is 6.94. The van der Waals surface area contributed by atoms with Crippen molar-refractivity contribution in [1.29, 1.82) is 0 Å². The Balaban J connectivity index is 0.00000121. The summed E-state index contributed by atoms with van der Waals surface area (Å²) in [4.78, 5) is 17.5. The first kappa shape index (κ1) is 21.0. The number of amides is 1. The summed E-state index contributed by atoms with van der Waals surface area (Å²) in [6.07, 6.45) is 4.66. The molecule has 0 spiro atoms. The number of hydrogen-bond donors (Lipinski definition) is 2. The third kappa shape index (κ3) is 3.57. The molecule has 0 unspecified atom stereocenters. The number of fused-ring (bicyclic) bond motifs is 2. The molecule has 4 rings (SSSR count). The minimum absolute atomic E-state index is 0. The van der Waals surface area contributed by atoms with Crippen LogP contribution >= 0.6 is 24.8 Å². The van der Waals surface area contributed by atoms with Gasteiger partial charge in [0, 0.05) is 19.6 Å². The average molecular weight is 399 g/mol. The molecule has 26 heavy (non-hydrogen) atoms. The van der Waals surface area contributed by atoms with Gasteiger partial charge in [-0.3, -0.25) is 4.79 Å². The SMILES string of the molecule is Cc1nc2ccccc2n1CCNC(=O)[C@@]12CCCC[C@H]1CNC2.Cl.Cl.